The molecule has 5 rings (SSSR count). The van der Waals surface area contributed by atoms with E-state index in [1.165, 1.54) is 27.1 Å². The third-order valence-corrected chi connectivity index (χ3v) is 6.27. The van der Waals surface area contributed by atoms with Crippen molar-refractivity contribution >= 4 is 45.5 Å². The van der Waals surface area contributed by atoms with Crippen molar-refractivity contribution in [3.05, 3.63) is 61.8 Å². The van der Waals surface area contributed by atoms with Gasteiger partial charge in [-0.25, -0.2) is 4.79 Å². The number of hydrazone groups is 1. The van der Waals surface area contributed by atoms with E-state index in [2.05, 4.69) is 20.2 Å². The van der Waals surface area contributed by atoms with E-state index in [1.54, 1.807) is 24.5 Å². The van der Waals surface area contributed by atoms with E-state index >= 15 is 0 Å². The monoisotopic (exact) mass is 424 g/mol. The average molecular weight is 424 g/mol. The molecule has 5 heterocycles. The van der Waals surface area contributed by atoms with Gasteiger partial charge in [0.25, 0.3) is 5.56 Å². The predicted molar refractivity (Wildman–Crippen MR) is 109 cm³/mol. The van der Waals surface area contributed by atoms with Crippen molar-refractivity contribution in [3.63, 3.8) is 0 Å². The van der Waals surface area contributed by atoms with Crippen LogP contribution in [0.15, 0.2) is 51.9 Å². The van der Waals surface area contributed by atoms with Crippen molar-refractivity contribution in [1.29, 1.82) is 0 Å². The maximum Gasteiger partial charge on any atom is 0.328 e. The average Bonchev–Trinajstić information content (AvgIpc) is 3.49. The van der Waals surface area contributed by atoms with E-state index in [4.69, 9.17) is 0 Å². The zero-order valence-electron chi connectivity index (χ0n) is 14.7. The number of nitrogens with zero attached hydrogens (tertiary/aromatic N) is 6. The van der Waals surface area contributed by atoms with Crippen LogP contribution in [0, 0.1) is 0 Å². The van der Waals surface area contributed by atoms with Crippen LogP contribution in [-0.2, 0) is 4.79 Å². The normalized spacial score (nSPS) is 17.2. The summed E-state index contributed by atoms with van der Waals surface area (Å²) in [5.41, 5.74) is 1.09. The number of rotatable bonds is 4. The molecule has 1 N–H and O–H groups in total. The number of carboxylic acid groups (broad SMARTS) is 1. The van der Waals surface area contributed by atoms with E-state index < -0.39 is 12.0 Å². The summed E-state index contributed by atoms with van der Waals surface area (Å²) >= 11 is 2.64. The second-order valence-electron chi connectivity index (χ2n) is 6.23. The number of carbonyl (C=O) groups is 1. The molecule has 1 atom stereocenters. The number of hydrogen-bond acceptors (Lipinski definition) is 9. The van der Waals surface area contributed by atoms with Crippen molar-refractivity contribution in [1.82, 2.24) is 24.6 Å². The second kappa shape index (κ2) is 6.87. The lowest BCUT2D eigenvalue weighted by atomic mass is 10.1. The minimum Gasteiger partial charge on any atom is -0.480 e. The van der Waals surface area contributed by atoms with Crippen LogP contribution in [0.2, 0.25) is 0 Å². The summed E-state index contributed by atoms with van der Waals surface area (Å²) in [7, 11) is 0. The molecule has 1 aliphatic heterocycles. The lowest BCUT2D eigenvalue weighted by Gasteiger charge is -2.14. The summed E-state index contributed by atoms with van der Waals surface area (Å²) < 4.78 is 1.55. The fourth-order valence-electron chi connectivity index (χ4n) is 3.01. The molecule has 9 nitrogen and oxygen atoms in total. The Morgan fingerprint density at radius 1 is 1.28 bits per heavy atom. The predicted octanol–water partition coefficient (Wildman–Crippen LogP) is 1.29. The Bertz CT molecular complexity index is 1340. The van der Waals surface area contributed by atoms with Gasteiger partial charge in [-0.3, -0.25) is 14.8 Å². The van der Waals surface area contributed by atoms with Crippen LogP contribution < -0.4 is 10.1 Å². The molecule has 0 radical (unpaired) electrons. The largest absolute Gasteiger partial charge is 0.480 e. The fraction of sp³-hybridized carbons (Fsp3) is 0.111. The molecule has 4 aromatic heterocycles. The number of hydrogen-bond donors (Lipinski definition) is 1. The Hall–Kier alpha value is -3.44. The van der Waals surface area contributed by atoms with E-state index in [0.29, 0.717) is 21.0 Å². The minimum absolute atomic E-state index is 0.271. The molecular weight excluding hydrogens is 412 g/mol. The van der Waals surface area contributed by atoms with Crippen molar-refractivity contribution in [2.75, 3.05) is 0 Å². The molecule has 29 heavy (non-hydrogen) atoms. The number of thiazole rings is 1. The summed E-state index contributed by atoms with van der Waals surface area (Å²) in [5.74, 6) is -0.562. The minimum atomic E-state index is -0.997. The van der Waals surface area contributed by atoms with Gasteiger partial charge in [-0.05, 0) is 23.6 Å². The first-order chi connectivity index (χ1) is 14.1. The Labute approximate surface area is 170 Å². The van der Waals surface area contributed by atoms with Crippen LogP contribution in [0.25, 0.3) is 22.5 Å². The van der Waals surface area contributed by atoms with Gasteiger partial charge in [-0.2, -0.15) is 14.6 Å². The SMILES string of the molecule is O=C(O)[C@@H]1CC(c2cccs2)=NN1/C=c1\sc2nc(-c3ccncc3)nn2c1=O. The van der Waals surface area contributed by atoms with Gasteiger partial charge in [0.15, 0.2) is 11.9 Å². The van der Waals surface area contributed by atoms with Gasteiger partial charge in [0, 0.05) is 30.6 Å². The molecular formula is C18H12N6O3S2. The highest BCUT2D eigenvalue weighted by molar-refractivity contribution is 7.15. The number of aromatic nitrogens is 4. The van der Waals surface area contributed by atoms with Gasteiger partial charge in [0.1, 0.15) is 4.53 Å². The van der Waals surface area contributed by atoms with Crippen molar-refractivity contribution in [3.8, 4) is 11.4 Å². The lowest BCUT2D eigenvalue weighted by molar-refractivity contribution is -0.141. The van der Waals surface area contributed by atoms with Gasteiger partial charge in [0.05, 0.1) is 10.6 Å². The highest BCUT2D eigenvalue weighted by atomic mass is 32.1. The number of pyridine rings is 1. The molecule has 4 aromatic rings. The van der Waals surface area contributed by atoms with Crippen molar-refractivity contribution < 1.29 is 9.90 Å². The Morgan fingerprint density at radius 3 is 2.79 bits per heavy atom. The highest BCUT2D eigenvalue weighted by Gasteiger charge is 2.32. The van der Waals surface area contributed by atoms with Crippen LogP contribution in [0.3, 0.4) is 0 Å². The molecule has 0 saturated carbocycles. The number of fused-ring (bicyclic) bond motifs is 1. The zero-order chi connectivity index (χ0) is 20.0. The van der Waals surface area contributed by atoms with Crippen LogP contribution in [0.4, 0.5) is 0 Å². The molecule has 144 valence electrons. The summed E-state index contributed by atoms with van der Waals surface area (Å²) in [4.78, 5) is 34.1. The Kier molecular flexibility index (Phi) is 4.18. The highest BCUT2D eigenvalue weighted by Crippen LogP contribution is 2.23. The molecule has 0 aliphatic carbocycles. The maximum atomic E-state index is 12.8. The number of thiophene rings is 1. The quantitative estimate of drug-likeness (QED) is 0.525. The third-order valence-electron chi connectivity index (χ3n) is 4.40. The topological polar surface area (TPSA) is 113 Å². The maximum absolute atomic E-state index is 12.8. The molecule has 11 heteroatoms. The summed E-state index contributed by atoms with van der Waals surface area (Å²) in [5, 5.41) is 21.5. The first-order valence-corrected chi connectivity index (χ1v) is 10.2. The second-order valence-corrected chi connectivity index (χ2v) is 8.19. The van der Waals surface area contributed by atoms with Gasteiger partial charge in [-0.1, -0.05) is 17.4 Å². The molecule has 0 spiro atoms. The lowest BCUT2D eigenvalue weighted by Crippen LogP contribution is -2.34. The smallest absolute Gasteiger partial charge is 0.328 e. The van der Waals surface area contributed by atoms with Gasteiger partial charge < -0.3 is 5.11 Å². The molecule has 0 saturated heterocycles. The van der Waals surface area contributed by atoms with Crippen LogP contribution in [0.5, 0.6) is 0 Å². The Morgan fingerprint density at radius 2 is 2.10 bits per heavy atom. The van der Waals surface area contributed by atoms with E-state index in [9.17, 15) is 14.7 Å². The van der Waals surface area contributed by atoms with Crippen molar-refractivity contribution in [2.24, 2.45) is 5.10 Å². The molecule has 1 aliphatic rings. The number of carboxylic acids is 1. The van der Waals surface area contributed by atoms with E-state index in [0.717, 1.165) is 21.8 Å². The standard InChI is InChI=1S/C18H12N6O3S2/c25-16-14(29-18-20-15(22-24(16)18)10-3-5-19-6-4-10)9-23-12(17(26)27)8-11(21-23)13-2-1-7-28-13/h1-7,9,12H,8H2,(H,26,27)/b14-9-/t12-/m0/s1. The zero-order valence-corrected chi connectivity index (χ0v) is 16.3. The summed E-state index contributed by atoms with van der Waals surface area (Å²) in [6.07, 6.45) is 5.00. The van der Waals surface area contributed by atoms with Crippen LogP contribution in [0.1, 0.15) is 11.3 Å². The molecule has 0 unspecified atom stereocenters. The van der Waals surface area contributed by atoms with E-state index in [-0.39, 0.29) is 12.0 Å². The van der Waals surface area contributed by atoms with Gasteiger partial charge >= 0.3 is 5.97 Å². The molecule has 0 bridgehead atoms. The summed E-state index contributed by atoms with van der Waals surface area (Å²) in [6.45, 7) is 0. The molecule has 0 fully saturated rings. The molecule has 0 aromatic carbocycles. The van der Waals surface area contributed by atoms with E-state index in [1.807, 2.05) is 17.5 Å². The van der Waals surface area contributed by atoms with Crippen molar-refractivity contribution in [2.45, 2.75) is 12.5 Å². The first kappa shape index (κ1) is 17.6. The molecule has 0 amide bonds. The number of aliphatic carboxylic acids is 1. The van der Waals surface area contributed by atoms with Crippen LogP contribution in [-0.4, -0.2) is 47.4 Å². The van der Waals surface area contributed by atoms with Gasteiger partial charge in [0.2, 0.25) is 4.96 Å². The Balaban J connectivity index is 1.55. The van der Waals surface area contributed by atoms with Crippen LogP contribution >= 0.6 is 22.7 Å². The van der Waals surface area contributed by atoms with Gasteiger partial charge in [-0.15, -0.1) is 16.4 Å². The fourth-order valence-corrected chi connectivity index (χ4v) is 4.60. The first-order valence-electron chi connectivity index (χ1n) is 8.54. The summed E-state index contributed by atoms with van der Waals surface area (Å²) in [6, 6.07) is 6.45. The third kappa shape index (κ3) is 3.09.